The van der Waals surface area contributed by atoms with Crippen LogP contribution in [0.25, 0.3) is 11.3 Å². The average molecular weight is 581 g/mol. The maximum atomic E-state index is 17.5. The maximum absolute atomic E-state index is 17.5. The number of aliphatic hydroxyl groups excluding tert-OH is 2. The van der Waals surface area contributed by atoms with Crippen LogP contribution in [0.15, 0.2) is 64.7 Å². The van der Waals surface area contributed by atoms with Crippen molar-refractivity contribution in [3.05, 3.63) is 65.9 Å². The Labute approximate surface area is 242 Å². The van der Waals surface area contributed by atoms with E-state index >= 15 is 8.78 Å². The fourth-order valence-corrected chi connectivity index (χ4v) is 9.34. The summed E-state index contributed by atoms with van der Waals surface area (Å²) < 4.78 is 38.8. The third kappa shape index (κ3) is 3.43. The standard InChI is InChI=1S/C32H34F2N2O6/c1-29-9-8-21(38)12-24(29)25(33)13-23-22-10-19-15-36(16-20-11-26(41-35-20)18-6-4-3-5-7-18)42-32(19,28(40)17-37)30(22,2)14-27(39)31(23,29)34/h3-9,11-12,19,22-23,25,27,37,39H,10,13-17H2,1-2H3/t19-,22-,23-,25-,27-,29-,30-,31-,32-/m0/s1. The molecule has 9 atom stereocenters. The molecule has 222 valence electrons. The van der Waals surface area contributed by atoms with Crippen LogP contribution in [-0.2, 0) is 21.0 Å². The van der Waals surface area contributed by atoms with Crippen LogP contribution in [0.4, 0.5) is 8.78 Å². The number of Topliss-reactive ketones (excluding diaryl/α,β-unsaturated/α-hetero) is 1. The highest BCUT2D eigenvalue weighted by Crippen LogP contribution is 2.72. The Morgan fingerprint density at radius 3 is 2.69 bits per heavy atom. The van der Waals surface area contributed by atoms with Crippen molar-refractivity contribution in [2.75, 3.05) is 13.2 Å². The molecule has 0 unspecified atom stereocenters. The summed E-state index contributed by atoms with van der Waals surface area (Å²) in [5, 5.41) is 27.6. The van der Waals surface area contributed by atoms with Crippen LogP contribution < -0.4 is 0 Å². The number of hydroxylamine groups is 2. The lowest BCUT2D eigenvalue weighted by atomic mass is 9.44. The summed E-state index contributed by atoms with van der Waals surface area (Å²) in [7, 11) is 0. The molecule has 2 heterocycles. The number of ketones is 2. The van der Waals surface area contributed by atoms with Crippen molar-refractivity contribution < 1.29 is 37.9 Å². The summed E-state index contributed by atoms with van der Waals surface area (Å²) in [4.78, 5) is 32.3. The first kappa shape index (κ1) is 27.8. The highest BCUT2D eigenvalue weighted by Gasteiger charge is 2.79. The quantitative estimate of drug-likeness (QED) is 0.547. The molecule has 2 aromatic rings. The number of carbonyl (C=O) groups excluding carboxylic acids is 2. The van der Waals surface area contributed by atoms with Gasteiger partial charge in [-0.3, -0.25) is 14.4 Å². The number of benzene rings is 1. The minimum absolute atomic E-state index is 0.0562. The molecule has 0 bridgehead atoms. The first-order valence-electron chi connectivity index (χ1n) is 14.5. The SMILES string of the molecule is C[C@]12C=CC(=O)C=C1[C@@H](F)C[C@H]1[C@@H]3C[C@H]4CN(Cc5cc(-c6ccccc6)on5)O[C@@]4(C(=O)CO)[C@@]3(C)C[C@H](O)[C@@]12F. The smallest absolute Gasteiger partial charge is 0.192 e. The predicted octanol–water partition coefficient (Wildman–Crippen LogP) is 3.93. The van der Waals surface area contributed by atoms with Crippen LogP contribution in [0.5, 0.6) is 0 Å². The van der Waals surface area contributed by atoms with Gasteiger partial charge in [0.1, 0.15) is 18.5 Å². The highest BCUT2D eigenvalue weighted by atomic mass is 19.1. The van der Waals surface area contributed by atoms with Gasteiger partial charge in [0.25, 0.3) is 0 Å². The third-order valence-electron chi connectivity index (χ3n) is 11.2. The van der Waals surface area contributed by atoms with Crippen molar-refractivity contribution in [1.29, 1.82) is 0 Å². The van der Waals surface area contributed by atoms with Crippen molar-refractivity contribution in [3.8, 4) is 11.3 Å². The zero-order chi connectivity index (χ0) is 29.7. The molecule has 0 radical (unpaired) electrons. The maximum Gasteiger partial charge on any atom is 0.192 e. The molecule has 1 saturated heterocycles. The molecular weight excluding hydrogens is 546 g/mol. The Balaban J connectivity index is 1.22. The Morgan fingerprint density at radius 2 is 1.95 bits per heavy atom. The van der Waals surface area contributed by atoms with Crippen LogP contribution in [0.3, 0.4) is 0 Å². The zero-order valence-corrected chi connectivity index (χ0v) is 23.5. The van der Waals surface area contributed by atoms with Gasteiger partial charge < -0.3 is 14.7 Å². The van der Waals surface area contributed by atoms with Gasteiger partial charge in [-0.15, -0.1) is 0 Å². The molecule has 5 aliphatic rings. The van der Waals surface area contributed by atoms with E-state index in [-0.39, 0.29) is 25.0 Å². The number of aliphatic hydroxyl groups is 2. The van der Waals surface area contributed by atoms with Gasteiger partial charge in [-0.25, -0.2) is 8.78 Å². The monoisotopic (exact) mass is 580 g/mol. The van der Waals surface area contributed by atoms with E-state index < -0.39 is 70.3 Å². The lowest BCUT2D eigenvalue weighted by molar-refractivity contribution is -0.269. The number of fused-ring (bicyclic) bond motifs is 7. The zero-order valence-electron chi connectivity index (χ0n) is 23.5. The van der Waals surface area contributed by atoms with Gasteiger partial charge in [-0.2, -0.15) is 5.06 Å². The summed E-state index contributed by atoms with van der Waals surface area (Å²) >= 11 is 0. The predicted molar refractivity (Wildman–Crippen MR) is 146 cm³/mol. The van der Waals surface area contributed by atoms with Gasteiger partial charge in [-0.05, 0) is 49.8 Å². The highest BCUT2D eigenvalue weighted by molar-refractivity contribution is 6.01. The van der Waals surface area contributed by atoms with Gasteiger partial charge >= 0.3 is 0 Å². The van der Waals surface area contributed by atoms with Gasteiger partial charge in [-0.1, -0.05) is 48.5 Å². The van der Waals surface area contributed by atoms with Crippen molar-refractivity contribution in [2.45, 2.75) is 63.2 Å². The number of alkyl halides is 2. The van der Waals surface area contributed by atoms with Gasteiger partial charge in [0, 0.05) is 40.8 Å². The van der Waals surface area contributed by atoms with Crippen molar-refractivity contribution in [2.24, 2.45) is 28.6 Å². The average Bonchev–Trinajstić information content (AvgIpc) is 3.65. The normalized spacial score (nSPS) is 42.5. The molecular formula is C32H34F2N2O6. The van der Waals surface area contributed by atoms with Crippen LogP contribution in [0, 0.1) is 28.6 Å². The number of hydrogen-bond donors (Lipinski definition) is 2. The topological polar surface area (TPSA) is 113 Å². The molecule has 4 aliphatic carbocycles. The molecule has 8 nitrogen and oxygen atoms in total. The molecule has 3 saturated carbocycles. The fraction of sp³-hybridized carbons (Fsp3) is 0.531. The van der Waals surface area contributed by atoms with E-state index in [1.165, 1.54) is 12.2 Å². The van der Waals surface area contributed by atoms with Crippen LogP contribution in [0.1, 0.15) is 38.8 Å². The van der Waals surface area contributed by atoms with Crippen molar-refractivity contribution in [3.63, 3.8) is 0 Å². The molecule has 42 heavy (non-hydrogen) atoms. The Bertz CT molecular complexity index is 1510. The van der Waals surface area contributed by atoms with Crippen molar-refractivity contribution >= 4 is 11.6 Å². The van der Waals surface area contributed by atoms with E-state index in [4.69, 9.17) is 9.36 Å². The number of carbonyl (C=O) groups is 2. The van der Waals surface area contributed by atoms with E-state index in [9.17, 15) is 19.8 Å². The minimum atomic E-state index is -2.25. The molecule has 7 rings (SSSR count). The van der Waals surface area contributed by atoms with Crippen molar-refractivity contribution in [1.82, 2.24) is 10.2 Å². The van der Waals surface area contributed by atoms with Crippen LogP contribution >= 0.6 is 0 Å². The second-order valence-corrected chi connectivity index (χ2v) is 13.1. The summed E-state index contributed by atoms with van der Waals surface area (Å²) in [5.74, 6) is -2.21. The minimum Gasteiger partial charge on any atom is -0.390 e. The van der Waals surface area contributed by atoms with E-state index in [1.54, 1.807) is 18.1 Å². The lowest BCUT2D eigenvalue weighted by Crippen LogP contribution is -2.70. The number of halogens is 2. The molecule has 4 fully saturated rings. The molecule has 1 aliphatic heterocycles. The van der Waals surface area contributed by atoms with E-state index in [2.05, 4.69) is 5.16 Å². The molecule has 0 spiro atoms. The second kappa shape index (κ2) is 9.22. The number of rotatable bonds is 5. The van der Waals surface area contributed by atoms with Crippen LogP contribution in [0.2, 0.25) is 0 Å². The number of aromatic nitrogens is 1. The first-order chi connectivity index (χ1) is 20.0. The van der Waals surface area contributed by atoms with Gasteiger partial charge in [0.15, 0.2) is 28.6 Å². The molecule has 1 aromatic heterocycles. The Kier molecular flexibility index (Phi) is 6.10. The molecule has 2 N–H and O–H groups in total. The lowest BCUT2D eigenvalue weighted by Gasteiger charge is -2.63. The van der Waals surface area contributed by atoms with Gasteiger partial charge in [0.2, 0.25) is 0 Å². The Hall–Kier alpha value is -3.05. The first-order valence-corrected chi connectivity index (χ1v) is 14.5. The third-order valence-corrected chi connectivity index (χ3v) is 11.2. The summed E-state index contributed by atoms with van der Waals surface area (Å²) in [6.45, 7) is 3.10. The molecule has 1 aromatic carbocycles. The second-order valence-electron chi connectivity index (χ2n) is 13.1. The fourth-order valence-electron chi connectivity index (χ4n) is 9.34. The molecule has 10 heteroatoms. The van der Waals surface area contributed by atoms with E-state index in [0.717, 1.165) is 11.6 Å². The number of allylic oxidation sites excluding steroid dienone is 4. The summed E-state index contributed by atoms with van der Waals surface area (Å²) in [6, 6.07) is 11.3. The number of nitrogens with zero attached hydrogens (tertiary/aromatic N) is 2. The van der Waals surface area contributed by atoms with Crippen LogP contribution in [-0.4, -0.2) is 68.7 Å². The largest absolute Gasteiger partial charge is 0.390 e. The summed E-state index contributed by atoms with van der Waals surface area (Å²) in [6.07, 6.45) is 0.708. The molecule has 0 amide bonds. The summed E-state index contributed by atoms with van der Waals surface area (Å²) in [5.41, 5.74) is -4.86. The number of hydrogen-bond acceptors (Lipinski definition) is 8. The Morgan fingerprint density at radius 1 is 1.19 bits per heavy atom. The van der Waals surface area contributed by atoms with E-state index in [0.29, 0.717) is 24.4 Å². The van der Waals surface area contributed by atoms with Gasteiger partial charge in [0.05, 0.1) is 12.6 Å². The van der Waals surface area contributed by atoms with E-state index in [1.807, 2.05) is 37.3 Å².